The van der Waals surface area contributed by atoms with Gasteiger partial charge in [0.15, 0.2) is 5.69 Å². The highest BCUT2D eigenvalue weighted by molar-refractivity contribution is 9.10. The van der Waals surface area contributed by atoms with Gasteiger partial charge in [-0.1, -0.05) is 11.6 Å². The van der Waals surface area contributed by atoms with E-state index in [0.717, 1.165) is 0 Å². The molecule has 4 nitrogen and oxygen atoms in total. The topological polar surface area (TPSA) is 82.0 Å². The van der Waals surface area contributed by atoms with Crippen LogP contribution in [0.25, 0.3) is 0 Å². The van der Waals surface area contributed by atoms with Crippen molar-refractivity contribution in [2.75, 3.05) is 5.73 Å². The largest absolute Gasteiger partial charge is 0.396 e. The van der Waals surface area contributed by atoms with Gasteiger partial charge in [-0.05, 0) is 22.0 Å². The van der Waals surface area contributed by atoms with Gasteiger partial charge in [-0.15, -0.1) is 0 Å². The Hall–Kier alpha value is -0.810. The van der Waals surface area contributed by atoms with Crippen LogP contribution in [0.5, 0.6) is 0 Å². The Labute approximate surface area is 82.0 Å². The lowest BCUT2D eigenvalue weighted by Gasteiger charge is -2.02. The van der Waals surface area contributed by atoms with Gasteiger partial charge >= 0.3 is 0 Å². The van der Waals surface area contributed by atoms with Crippen LogP contribution in [0.3, 0.4) is 0 Å². The van der Waals surface area contributed by atoms with Gasteiger partial charge in [0, 0.05) is 4.47 Å². The summed E-state index contributed by atoms with van der Waals surface area (Å²) in [6.45, 7) is 0. The summed E-state index contributed by atoms with van der Waals surface area (Å²) in [4.78, 5) is 14.4. The van der Waals surface area contributed by atoms with Gasteiger partial charge in [-0.2, -0.15) is 0 Å². The molecule has 1 aromatic heterocycles. The number of carbonyl (C=O) groups is 1. The number of amides is 1. The quantitative estimate of drug-likeness (QED) is 0.734. The molecule has 4 N–H and O–H groups in total. The fraction of sp³-hybridized carbons (Fsp3) is 0. The third kappa shape index (κ3) is 1.67. The van der Waals surface area contributed by atoms with Crippen molar-refractivity contribution in [3.63, 3.8) is 0 Å². The Balaban J connectivity index is 3.37. The number of hydrogen-bond acceptors (Lipinski definition) is 3. The highest BCUT2D eigenvalue weighted by Gasteiger charge is 2.11. The smallest absolute Gasteiger partial charge is 0.269 e. The molecule has 1 heterocycles. The molecule has 0 aliphatic carbocycles. The zero-order valence-electron chi connectivity index (χ0n) is 5.84. The van der Waals surface area contributed by atoms with Crippen molar-refractivity contribution in [3.8, 4) is 0 Å². The number of nitrogens with two attached hydrogens (primary N) is 2. The van der Waals surface area contributed by atoms with Crippen LogP contribution in [0, 0.1) is 0 Å². The molecule has 0 fully saturated rings. The molecule has 1 amide bonds. The Morgan fingerprint density at radius 3 is 2.75 bits per heavy atom. The Kier molecular flexibility index (Phi) is 2.54. The first-order valence-corrected chi connectivity index (χ1v) is 4.10. The second kappa shape index (κ2) is 3.28. The van der Waals surface area contributed by atoms with E-state index in [1.54, 1.807) is 0 Å². The number of primary amides is 1. The Bertz CT molecular complexity index is 342. The maximum Gasteiger partial charge on any atom is 0.269 e. The van der Waals surface area contributed by atoms with Crippen LogP contribution in [0.1, 0.15) is 10.5 Å². The molecule has 0 aliphatic rings. The summed E-state index contributed by atoms with van der Waals surface area (Å²) in [6, 6.07) is 1.49. The summed E-state index contributed by atoms with van der Waals surface area (Å²) in [6.07, 6.45) is 0. The molecule has 0 aromatic carbocycles. The monoisotopic (exact) mass is 249 g/mol. The first-order chi connectivity index (χ1) is 5.52. The average molecular weight is 250 g/mol. The van der Waals surface area contributed by atoms with Crippen LogP contribution in [0.4, 0.5) is 5.69 Å². The zero-order chi connectivity index (χ0) is 9.30. The summed E-state index contributed by atoms with van der Waals surface area (Å²) in [7, 11) is 0. The number of anilines is 1. The molecule has 0 atom stereocenters. The van der Waals surface area contributed by atoms with Gasteiger partial charge in [0.2, 0.25) is 0 Å². The van der Waals surface area contributed by atoms with Crippen molar-refractivity contribution < 1.29 is 4.79 Å². The normalized spacial score (nSPS) is 9.83. The predicted octanol–water partition coefficient (Wildman–Crippen LogP) is 1.18. The van der Waals surface area contributed by atoms with Gasteiger partial charge in [-0.3, -0.25) is 4.79 Å². The summed E-state index contributed by atoms with van der Waals surface area (Å²) < 4.78 is 0.510. The highest BCUT2D eigenvalue weighted by Crippen LogP contribution is 2.24. The van der Waals surface area contributed by atoms with E-state index in [1.807, 2.05) is 0 Å². The Morgan fingerprint density at radius 1 is 1.67 bits per heavy atom. The van der Waals surface area contributed by atoms with E-state index < -0.39 is 5.91 Å². The van der Waals surface area contributed by atoms with Gasteiger partial charge < -0.3 is 11.5 Å². The van der Waals surface area contributed by atoms with E-state index in [2.05, 4.69) is 20.9 Å². The van der Waals surface area contributed by atoms with E-state index in [-0.39, 0.29) is 16.5 Å². The first kappa shape index (κ1) is 9.28. The summed E-state index contributed by atoms with van der Waals surface area (Å²) in [5, 5.41) is 0.171. The van der Waals surface area contributed by atoms with Crippen molar-refractivity contribution in [2.24, 2.45) is 5.73 Å². The molecule has 0 saturated carbocycles. The van der Waals surface area contributed by atoms with Crippen LogP contribution in [-0.4, -0.2) is 10.9 Å². The fourth-order valence-electron chi connectivity index (χ4n) is 0.683. The molecule has 6 heteroatoms. The van der Waals surface area contributed by atoms with Crippen molar-refractivity contribution in [3.05, 3.63) is 21.4 Å². The number of aromatic nitrogens is 1. The molecule has 1 aromatic rings. The lowest BCUT2D eigenvalue weighted by Crippen LogP contribution is -2.16. The van der Waals surface area contributed by atoms with Crippen LogP contribution < -0.4 is 11.5 Å². The minimum atomic E-state index is -0.698. The third-order valence-corrected chi connectivity index (χ3v) is 2.06. The lowest BCUT2D eigenvalue weighted by atomic mass is 10.3. The zero-order valence-corrected chi connectivity index (χ0v) is 8.19. The van der Waals surface area contributed by atoms with Crippen LogP contribution >= 0.6 is 27.5 Å². The minimum absolute atomic E-state index is 0.0191. The predicted molar refractivity (Wildman–Crippen MR) is 49.9 cm³/mol. The highest BCUT2D eigenvalue weighted by atomic mass is 79.9. The Morgan fingerprint density at radius 2 is 2.25 bits per heavy atom. The molecule has 0 aliphatic heterocycles. The SMILES string of the molecule is NC(=O)c1nc(Cl)cc(Br)c1N. The third-order valence-electron chi connectivity index (χ3n) is 1.21. The molecular formula is C6H5BrClN3O. The van der Waals surface area contributed by atoms with E-state index >= 15 is 0 Å². The van der Waals surface area contributed by atoms with Gasteiger partial charge in [0.1, 0.15) is 5.15 Å². The van der Waals surface area contributed by atoms with Gasteiger partial charge in [0.25, 0.3) is 5.91 Å². The number of hydrogen-bond donors (Lipinski definition) is 2. The number of rotatable bonds is 1. The van der Waals surface area contributed by atoms with Crippen molar-refractivity contribution in [1.29, 1.82) is 0 Å². The van der Waals surface area contributed by atoms with Crippen molar-refractivity contribution >= 4 is 39.1 Å². The molecule has 12 heavy (non-hydrogen) atoms. The second-order valence-corrected chi connectivity index (χ2v) is 3.29. The van der Waals surface area contributed by atoms with E-state index in [1.165, 1.54) is 6.07 Å². The maximum absolute atomic E-state index is 10.7. The molecule has 0 bridgehead atoms. The lowest BCUT2D eigenvalue weighted by molar-refractivity contribution is 0.0996. The summed E-state index contributed by atoms with van der Waals surface area (Å²) in [5.74, 6) is -0.698. The van der Waals surface area contributed by atoms with Crippen LogP contribution in [-0.2, 0) is 0 Å². The molecule has 1 rings (SSSR count). The second-order valence-electron chi connectivity index (χ2n) is 2.05. The molecule has 0 spiro atoms. The van der Waals surface area contributed by atoms with E-state index in [0.29, 0.717) is 4.47 Å². The molecular weight excluding hydrogens is 245 g/mol. The van der Waals surface area contributed by atoms with Crippen LogP contribution in [0.15, 0.2) is 10.5 Å². The van der Waals surface area contributed by atoms with E-state index in [9.17, 15) is 4.79 Å². The van der Waals surface area contributed by atoms with Crippen molar-refractivity contribution in [1.82, 2.24) is 4.98 Å². The number of carbonyl (C=O) groups excluding carboxylic acids is 1. The van der Waals surface area contributed by atoms with Gasteiger partial charge in [-0.25, -0.2) is 4.98 Å². The van der Waals surface area contributed by atoms with E-state index in [4.69, 9.17) is 23.1 Å². The summed E-state index contributed by atoms with van der Waals surface area (Å²) >= 11 is 8.67. The number of pyridine rings is 1. The number of halogens is 2. The number of nitrogen functional groups attached to an aromatic ring is 1. The average Bonchev–Trinajstić information content (AvgIpc) is 1.96. The first-order valence-electron chi connectivity index (χ1n) is 2.93. The van der Waals surface area contributed by atoms with Crippen LogP contribution in [0.2, 0.25) is 5.15 Å². The minimum Gasteiger partial charge on any atom is -0.396 e. The number of nitrogens with zero attached hydrogens (tertiary/aromatic N) is 1. The standard InChI is InChI=1S/C6H5BrClN3O/c7-2-1-3(8)11-5(4(2)9)6(10)12/h1H,9H2,(H2,10,12). The molecule has 0 radical (unpaired) electrons. The summed E-state index contributed by atoms with van der Waals surface area (Å²) in [5.41, 5.74) is 10.7. The molecule has 64 valence electrons. The maximum atomic E-state index is 10.7. The molecule has 0 unspecified atom stereocenters. The fourth-order valence-corrected chi connectivity index (χ4v) is 1.41. The van der Waals surface area contributed by atoms with Crippen molar-refractivity contribution in [2.45, 2.75) is 0 Å². The molecule has 0 saturated heterocycles. The van der Waals surface area contributed by atoms with Gasteiger partial charge in [0.05, 0.1) is 5.69 Å².